The minimum atomic E-state index is 0.177. The predicted molar refractivity (Wildman–Crippen MR) is 58.8 cm³/mol. The van der Waals surface area contributed by atoms with Crippen molar-refractivity contribution in [3.05, 3.63) is 0 Å². The molecule has 0 aromatic rings. The first kappa shape index (κ1) is 11.3. The highest BCUT2D eigenvalue weighted by molar-refractivity contribution is 4.95. The molecule has 2 aliphatic heterocycles. The molecule has 1 unspecified atom stereocenters. The maximum Gasteiger partial charge on any atom is 0.0674 e. The summed E-state index contributed by atoms with van der Waals surface area (Å²) in [6, 6.07) is 0. The van der Waals surface area contributed by atoms with Crippen molar-refractivity contribution in [1.29, 1.82) is 0 Å². The third-order valence-corrected chi connectivity index (χ3v) is 3.72. The summed E-state index contributed by atoms with van der Waals surface area (Å²) in [6.45, 7) is 7.44. The van der Waals surface area contributed by atoms with E-state index < -0.39 is 0 Å². The molecule has 0 spiro atoms. The maximum absolute atomic E-state index is 5.98. The number of morpholine rings is 1. The van der Waals surface area contributed by atoms with Crippen LogP contribution >= 0.6 is 0 Å². The van der Waals surface area contributed by atoms with Gasteiger partial charge >= 0.3 is 0 Å². The van der Waals surface area contributed by atoms with Gasteiger partial charge in [0.1, 0.15) is 0 Å². The third-order valence-electron chi connectivity index (χ3n) is 3.72. The molecule has 0 aromatic heterocycles. The molecular weight excluding hydrogens is 192 g/mol. The molecule has 4 heteroatoms. The Morgan fingerprint density at radius 2 is 2.07 bits per heavy atom. The zero-order valence-corrected chi connectivity index (χ0v) is 9.58. The standard InChI is InChI=1S/C11H22N2O2/c1-10-8-13(4-7-15-10)11(9-12)2-5-14-6-3-11/h10H,2-9,12H2,1H3. The van der Waals surface area contributed by atoms with E-state index in [1.54, 1.807) is 0 Å². The Morgan fingerprint density at radius 1 is 1.33 bits per heavy atom. The summed E-state index contributed by atoms with van der Waals surface area (Å²) in [5, 5.41) is 0. The second-order valence-electron chi connectivity index (χ2n) is 4.67. The summed E-state index contributed by atoms with van der Waals surface area (Å²) in [4.78, 5) is 2.52. The number of ether oxygens (including phenoxy) is 2. The Bertz CT molecular complexity index is 205. The molecule has 0 amide bonds. The van der Waals surface area contributed by atoms with Crippen molar-refractivity contribution in [3.8, 4) is 0 Å². The first-order valence-corrected chi connectivity index (χ1v) is 5.91. The molecule has 2 N–H and O–H groups in total. The molecule has 15 heavy (non-hydrogen) atoms. The van der Waals surface area contributed by atoms with E-state index in [-0.39, 0.29) is 5.54 Å². The molecule has 2 fully saturated rings. The van der Waals surface area contributed by atoms with Crippen molar-refractivity contribution in [2.24, 2.45) is 5.73 Å². The van der Waals surface area contributed by atoms with Crippen LogP contribution in [-0.4, -0.2) is 56.0 Å². The molecule has 0 bridgehead atoms. The van der Waals surface area contributed by atoms with Crippen molar-refractivity contribution in [3.63, 3.8) is 0 Å². The topological polar surface area (TPSA) is 47.7 Å². The first-order valence-electron chi connectivity index (χ1n) is 5.91. The third kappa shape index (κ3) is 2.33. The number of nitrogens with two attached hydrogens (primary N) is 1. The van der Waals surface area contributed by atoms with Gasteiger partial charge in [-0.1, -0.05) is 0 Å². The zero-order valence-electron chi connectivity index (χ0n) is 9.58. The van der Waals surface area contributed by atoms with Gasteiger partial charge in [0, 0.05) is 38.4 Å². The molecule has 0 aliphatic carbocycles. The van der Waals surface area contributed by atoms with Crippen LogP contribution in [0.15, 0.2) is 0 Å². The fourth-order valence-corrected chi connectivity index (χ4v) is 2.65. The molecule has 2 saturated heterocycles. The molecular formula is C11H22N2O2. The summed E-state index contributed by atoms with van der Waals surface area (Å²) in [6.07, 6.45) is 2.47. The van der Waals surface area contributed by atoms with Crippen LogP contribution in [0.3, 0.4) is 0 Å². The van der Waals surface area contributed by atoms with Gasteiger partial charge in [0.25, 0.3) is 0 Å². The van der Waals surface area contributed by atoms with Gasteiger partial charge in [0.2, 0.25) is 0 Å². The van der Waals surface area contributed by atoms with Gasteiger partial charge in [-0.25, -0.2) is 0 Å². The van der Waals surface area contributed by atoms with E-state index in [4.69, 9.17) is 15.2 Å². The summed E-state index contributed by atoms with van der Waals surface area (Å²) in [7, 11) is 0. The first-order chi connectivity index (χ1) is 7.27. The van der Waals surface area contributed by atoms with E-state index in [0.717, 1.165) is 52.3 Å². The second-order valence-corrected chi connectivity index (χ2v) is 4.67. The predicted octanol–water partition coefficient (Wildman–Crippen LogP) is 0.215. The van der Waals surface area contributed by atoms with Gasteiger partial charge in [-0.3, -0.25) is 4.90 Å². The van der Waals surface area contributed by atoms with Crippen molar-refractivity contribution >= 4 is 0 Å². The van der Waals surface area contributed by atoms with Crippen LogP contribution in [-0.2, 0) is 9.47 Å². The molecule has 2 rings (SSSR count). The highest BCUT2D eigenvalue weighted by atomic mass is 16.5. The van der Waals surface area contributed by atoms with Crippen molar-refractivity contribution in [2.75, 3.05) is 39.5 Å². The summed E-state index contributed by atoms with van der Waals surface area (Å²) in [5.74, 6) is 0. The molecule has 0 radical (unpaired) electrons. The van der Waals surface area contributed by atoms with Crippen molar-refractivity contribution < 1.29 is 9.47 Å². The minimum absolute atomic E-state index is 0.177. The van der Waals surface area contributed by atoms with Gasteiger partial charge in [-0.05, 0) is 19.8 Å². The summed E-state index contributed by atoms with van der Waals surface area (Å²) < 4.78 is 11.0. The van der Waals surface area contributed by atoms with E-state index >= 15 is 0 Å². The van der Waals surface area contributed by atoms with Crippen LogP contribution in [0.25, 0.3) is 0 Å². The SMILES string of the molecule is CC1CN(C2(CN)CCOCC2)CCO1. The normalized spacial score (nSPS) is 32.8. The zero-order chi connectivity index (χ0) is 10.7. The fraction of sp³-hybridized carbons (Fsp3) is 1.00. The van der Waals surface area contributed by atoms with Crippen molar-refractivity contribution in [2.45, 2.75) is 31.4 Å². The van der Waals surface area contributed by atoms with Gasteiger partial charge in [0.05, 0.1) is 12.7 Å². The van der Waals surface area contributed by atoms with Gasteiger partial charge in [-0.2, -0.15) is 0 Å². The number of hydrogen-bond acceptors (Lipinski definition) is 4. The van der Waals surface area contributed by atoms with Gasteiger partial charge in [-0.15, -0.1) is 0 Å². The molecule has 88 valence electrons. The summed E-state index contributed by atoms with van der Waals surface area (Å²) in [5.41, 5.74) is 6.15. The number of nitrogens with zero attached hydrogens (tertiary/aromatic N) is 1. The van der Waals surface area contributed by atoms with E-state index in [0.29, 0.717) is 6.10 Å². The van der Waals surface area contributed by atoms with Crippen LogP contribution < -0.4 is 5.73 Å². The van der Waals surface area contributed by atoms with Crippen LogP contribution in [0.4, 0.5) is 0 Å². The Morgan fingerprint density at radius 3 is 2.67 bits per heavy atom. The lowest BCUT2D eigenvalue weighted by Crippen LogP contribution is -2.61. The van der Waals surface area contributed by atoms with E-state index in [9.17, 15) is 0 Å². The van der Waals surface area contributed by atoms with Gasteiger partial charge < -0.3 is 15.2 Å². The highest BCUT2D eigenvalue weighted by Crippen LogP contribution is 2.28. The van der Waals surface area contributed by atoms with E-state index in [1.807, 2.05) is 0 Å². The molecule has 4 nitrogen and oxygen atoms in total. The van der Waals surface area contributed by atoms with Gasteiger partial charge in [0.15, 0.2) is 0 Å². The van der Waals surface area contributed by atoms with Crippen molar-refractivity contribution in [1.82, 2.24) is 4.90 Å². The quantitative estimate of drug-likeness (QED) is 0.714. The molecule has 0 aromatic carbocycles. The van der Waals surface area contributed by atoms with Crippen LogP contribution in [0.1, 0.15) is 19.8 Å². The maximum atomic E-state index is 5.98. The Labute approximate surface area is 91.7 Å². The lowest BCUT2D eigenvalue weighted by molar-refractivity contribution is -0.0916. The summed E-state index contributed by atoms with van der Waals surface area (Å²) >= 11 is 0. The molecule has 1 atom stereocenters. The fourth-order valence-electron chi connectivity index (χ4n) is 2.65. The van der Waals surface area contributed by atoms with E-state index in [1.165, 1.54) is 0 Å². The van der Waals surface area contributed by atoms with Crippen LogP contribution in [0.2, 0.25) is 0 Å². The second kappa shape index (κ2) is 4.78. The largest absolute Gasteiger partial charge is 0.381 e. The lowest BCUT2D eigenvalue weighted by Gasteiger charge is -2.48. The minimum Gasteiger partial charge on any atom is -0.381 e. The molecule has 2 aliphatic rings. The van der Waals surface area contributed by atoms with Crippen LogP contribution in [0.5, 0.6) is 0 Å². The Hall–Kier alpha value is -0.160. The van der Waals surface area contributed by atoms with E-state index in [2.05, 4.69) is 11.8 Å². The Balaban J connectivity index is 2.03. The average Bonchev–Trinajstić information content (AvgIpc) is 2.30. The van der Waals surface area contributed by atoms with Crippen LogP contribution in [0, 0.1) is 0 Å². The number of hydrogen-bond donors (Lipinski definition) is 1. The highest BCUT2D eigenvalue weighted by Gasteiger charge is 2.38. The monoisotopic (exact) mass is 214 g/mol. The number of rotatable bonds is 2. The smallest absolute Gasteiger partial charge is 0.0674 e. The molecule has 2 heterocycles. The Kier molecular flexibility index (Phi) is 3.61. The molecule has 0 saturated carbocycles. The lowest BCUT2D eigenvalue weighted by atomic mass is 9.87. The average molecular weight is 214 g/mol.